The molecule has 2 rings (SSSR count). The van der Waals surface area contributed by atoms with Crippen molar-refractivity contribution in [3.63, 3.8) is 0 Å². The van der Waals surface area contributed by atoms with Gasteiger partial charge in [0.05, 0.1) is 5.60 Å². The van der Waals surface area contributed by atoms with Crippen molar-refractivity contribution in [1.29, 1.82) is 0 Å². The van der Waals surface area contributed by atoms with Crippen LogP contribution in [0, 0.1) is 17.2 Å². The number of aliphatic hydroxyl groups is 1. The summed E-state index contributed by atoms with van der Waals surface area (Å²) >= 11 is 0. The zero-order chi connectivity index (χ0) is 15.8. The van der Waals surface area contributed by atoms with Crippen molar-refractivity contribution in [2.75, 3.05) is 20.6 Å². The van der Waals surface area contributed by atoms with E-state index in [4.69, 9.17) is 0 Å². The van der Waals surface area contributed by atoms with E-state index in [-0.39, 0.29) is 22.6 Å². The molecular weight excluding hydrogens is 269 g/mol. The minimum absolute atomic E-state index is 0.00624. The maximum atomic E-state index is 14.2. The minimum atomic E-state index is -1.22. The Bertz CT molecular complexity index is 516. The van der Waals surface area contributed by atoms with Gasteiger partial charge in [-0.2, -0.15) is 0 Å². The van der Waals surface area contributed by atoms with E-state index in [0.717, 1.165) is 12.8 Å². The summed E-state index contributed by atoms with van der Waals surface area (Å²) in [4.78, 5) is 2.03. The van der Waals surface area contributed by atoms with Gasteiger partial charge in [-0.15, -0.1) is 0 Å². The van der Waals surface area contributed by atoms with Crippen molar-refractivity contribution in [2.45, 2.75) is 38.7 Å². The van der Waals surface area contributed by atoms with Gasteiger partial charge in [0.2, 0.25) is 0 Å². The largest absolute Gasteiger partial charge is 0.508 e. The predicted octanol–water partition coefficient (Wildman–Crippen LogP) is 3.11. The first kappa shape index (κ1) is 16.2. The Morgan fingerprint density at radius 1 is 1.29 bits per heavy atom. The number of aromatic hydroxyl groups is 1. The molecule has 3 nitrogen and oxygen atoms in total. The number of benzene rings is 1. The normalized spacial score (nSPS) is 28.8. The van der Waals surface area contributed by atoms with E-state index < -0.39 is 11.4 Å². The Balaban J connectivity index is 2.43. The lowest BCUT2D eigenvalue weighted by Crippen LogP contribution is -2.47. The Hall–Kier alpha value is -1.13. The summed E-state index contributed by atoms with van der Waals surface area (Å²) in [5.74, 6) is -0.514. The molecule has 2 N–H and O–H groups in total. The average molecular weight is 295 g/mol. The van der Waals surface area contributed by atoms with Crippen LogP contribution in [0.1, 0.15) is 38.7 Å². The zero-order valence-corrected chi connectivity index (χ0v) is 13.4. The van der Waals surface area contributed by atoms with Gasteiger partial charge < -0.3 is 15.1 Å². The molecule has 1 fully saturated rings. The fraction of sp³-hybridized carbons (Fsp3) is 0.647. The average Bonchev–Trinajstić information content (AvgIpc) is 2.36. The molecule has 2 unspecified atom stereocenters. The first-order chi connectivity index (χ1) is 9.64. The van der Waals surface area contributed by atoms with Crippen molar-refractivity contribution in [1.82, 2.24) is 4.90 Å². The topological polar surface area (TPSA) is 43.7 Å². The molecule has 0 saturated heterocycles. The minimum Gasteiger partial charge on any atom is -0.508 e. The lowest BCUT2D eigenvalue weighted by molar-refractivity contribution is -0.0927. The monoisotopic (exact) mass is 295 g/mol. The molecule has 0 spiro atoms. The summed E-state index contributed by atoms with van der Waals surface area (Å²) in [6.07, 6.45) is 2.18. The molecule has 1 aliphatic carbocycles. The highest BCUT2D eigenvalue weighted by Crippen LogP contribution is 2.50. The summed E-state index contributed by atoms with van der Waals surface area (Å²) in [6, 6.07) is 3.92. The summed E-state index contributed by atoms with van der Waals surface area (Å²) < 4.78 is 14.2. The van der Waals surface area contributed by atoms with Crippen molar-refractivity contribution < 1.29 is 14.6 Å². The van der Waals surface area contributed by atoms with Crippen molar-refractivity contribution >= 4 is 0 Å². The van der Waals surface area contributed by atoms with Crippen LogP contribution in [-0.4, -0.2) is 35.8 Å². The third-order valence-corrected chi connectivity index (χ3v) is 4.66. The van der Waals surface area contributed by atoms with Gasteiger partial charge in [0, 0.05) is 18.0 Å². The van der Waals surface area contributed by atoms with E-state index in [1.165, 1.54) is 18.2 Å². The first-order valence-electron chi connectivity index (χ1n) is 7.50. The van der Waals surface area contributed by atoms with E-state index in [0.29, 0.717) is 13.0 Å². The number of rotatable bonds is 3. The Labute approximate surface area is 126 Å². The van der Waals surface area contributed by atoms with E-state index in [1.54, 1.807) is 0 Å². The molecule has 0 radical (unpaired) electrons. The van der Waals surface area contributed by atoms with Gasteiger partial charge in [-0.05, 0) is 57.0 Å². The molecule has 1 aromatic rings. The van der Waals surface area contributed by atoms with Crippen LogP contribution in [-0.2, 0) is 5.60 Å². The SMILES string of the molecule is CN(C)CC1CC(C)(C)CCC1(O)c1cc(O)ccc1F. The number of hydrogen-bond acceptors (Lipinski definition) is 3. The van der Waals surface area contributed by atoms with Gasteiger partial charge in [-0.1, -0.05) is 13.8 Å². The number of halogens is 1. The molecule has 0 aliphatic heterocycles. The van der Waals surface area contributed by atoms with Gasteiger partial charge in [0.1, 0.15) is 11.6 Å². The number of nitrogens with zero attached hydrogens (tertiary/aromatic N) is 1. The molecule has 1 saturated carbocycles. The van der Waals surface area contributed by atoms with Crippen molar-refractivity contribution in [2.24, 2.45) is 11.3 Å². The molecule has 0 bridgehead atoms. The van der Waals surface area contributed by atoms with Crippen LogP contribution in [0.3, 0.4) is 0 Å². The molecule has 118 valence electrons. The second-order valence-electron chi connectivity index (χ2n) is 7.42. The maximum Gasteiger partial charge on any atom is 0.129 e. The van der Waals surface area contributed by atoms with Gasteiger partial charge in [0.25, 0.3) is 0 Å². The Morgan fingerprint density at radius 3 is 2.57 bits per heavy atom. The number of phenolic OH excluding ortho intramolecular Hbond substituents is 1. The van der Waals surface area contributed by atoms with E-state index in [2.05, 4.69) is 13.8 Å². The standard InChI is InChI=1S/C17H26FNO2/c1-16(2)7-8-17(21,12(10-16)11-19(3)4)14-9-13(20)5-6-15(14)18/h5-6,9,12,20-21H,7-8,10-11H2,1-4H3. The lowest BCUT2D eigenvalue weighted by atomic mass is 9.62. The maximum absolute atomic E-state index is 14.2. The van der Waals surface area contributed by atoms with E-state index in [1.807, 2.05) is 19.0 Å². The van der Waals surface area contributed by atoms with Crippen LogP contribution in [0.4, 0.5) is 4.39 Å². The van der Waals surface area contributed by atoms with Gasteiger partial charge in [-0.25, -0.2) is 4.39 Å². The molecular formula is C17H26FNO2. The Morgan fingerprint density at radius 2 is 1.95 bits per heavy atom. The second-order valence-corrected chi connectivity index (χ2v) is 7.42. The Kier molecular flexibility index (Phi) is 4.31. The van der Waals surface area contributed by atoms with Crippen LogP contribution < -0.4 is 0 Å². The molecule has 4 heteroatoms. The number of phenols is 1. The van der Waals surface area contributed by atoms with Gasteiger partial charge in [0.15, 0.2) is 0 Å². The fourth-order valence-corrected chi connectivity index (χ4v) is 3.53. The van der Waals surface area contributed by atoms with Crippen molar-refractivity contribution in [3.8, 4) is 5.75 Å². The lowest BCUT2D eigenvalue weighted by Gasteiger charge is -2.47. The van der Waals surface area contributed by atoms with Crippen LogP contribution in [0.2, 0.25) is 0 Å². The van der Waals surface area contributed by atoms with E-state index >= 15 is 0 Å². The van der Waals surface area contributed by atoms with E-state index in [9.17, 15) is 14.6 Å². The van der Waals surface area contributed by atoms with Crippen molar-refractivity contribution in [3.05, 3.63) is 29.6 Å². The molecule has 0 amide bonds. The van der Waals surface area contributed by atoms with Crippen LogP contribution >= 0.6 is 0 Å². The van der Waals surface area contributed by atoms with Crippen LogP contribution in [0.25, 0.3) is 0 Å². The molecule has 21 heavy (non-hydrogen) atoms. The van der Waals surface area contributed by atoms with Gasteiger partial charge >= 0.3 is 0 Å². The zero-order valence-electron chi connectivity index (χ0n) is 13.4. The first-order valence-corrected chi connectivity index (χ1v) is 7.50. The molecule has 0 aromatic heterocycles. The predicted molar refractivity (Wildman–Crippen MR) is 81.6 cm³/mol. The quantitative estimate of drug-likeness (QED) is 0.900. The summed E-state index contributed by atoms with van der Waals surface area (Å²) in [7, 11) is 3.92. The molecule has 1 aliphatic rings. The summed E-state index contributed by atoms with van der Waals surface area (Å²) in [6.45, 7) is 5.07. The summed E-state index contributed by atoms with van der Waals surface area (Å²) in [5, 5.41) is 20.9. The highest BCUT2D eigenvalue weighted by Gasteiger charge is 2.47. The smallest absolute Gasteiger partial charge is 0.129 e. The highest BCUT2D eigenvalue weighted by molar-refractivity contribution is 5.34. The molecule has 1 aromatic carbocycles. The van der Waals surface area contributed by atoms with Gasteiger partial charge in [-0.3, -0.25) is 0 Å². The fourth-order valence-electron chi connectivity index (χ4n) is 3.53. The third kappa shape index (κ3) is 3.38. The third-order valence-electron chi connectivity index (χ3n) is 4.66. The van der Waals surface area contributed by atoms with Crippen LogP contribution in [0.5, 0.6) is 5.75 Å². The number of hydrogen-bond donors (Lipinski definition) is 2. The van der Waals surface area contributed by atoms with Crippen LogP contribution in [0.15, 0.2) is 18.2 Å². The summed E-state index contributed by atoms with van der Waals surface area (Å²) in [5.41, 5.74) is -0.854. The molecule has 0 heterocycles. The second kappa shape index (κ2) is 5.58. The highest BCUT2D eigenvalue weighted by atomic mass is 19.1. The molecule has 2 atom stereocenters.